The van der Waals surface area contributed by atoms with Gasteiger partial charge in [0.05, 0.1) is 11.0 Å². The van der Waals surface area contributed by atoms with Crippen LogP contribution in [0.2, 0.25) is 0 Å². The van der Waals surface area contributed by atoms with Crippen molar-refractivity contribution in [2.45, 2.75) is 44.7 Å². The quantitative estimate of drug-likeness (QED) is 0.756. The zero-order chi connectivity index (χ0) is 18.1. The molecule has 0 radical (unpaired) electrons. The summed E-state index contributed by atoms with van der Waals surface area (Å²) in [4.78, 5) is 14.0. The van der Waals surface area contributed by atoms with Crippen LogP contribution >= 0.6 is 15.9 Å². The van der Waals surface area contributed by atoms with Gasteiger partial charge in [-0.15, -0.1) is 0 Å². The first-order valence-corrected chi connectivity index (χ1v) is 10.1. The Morgan fingerprint density at radius 1 is 1.33 bits per heavy atom. The van der Waals surface area contributed by atoms with Crippen LogP contribution in [0.25, 0.3) is 0 Å². The molecule has 1 aromatic rings. The number of nitrogens with zero attached hydrogens (tertiary/aromatic N) is 2. The lowest BCUT2D eigenvalue weighted by molar-refractivity contribution is 0.0499. The Hall–Kier alpha value is -1.12. The number of hydrogen-bond acceptors (Lipinski definition) is 4. The molecule has 0 spiro atoms. The molecule has 0 N–H and O–H groups in total. The third-order valence-electron chi connectivity index (χ3n) is 3.92. The van der Waals surface area contributed by atoms with Crippen LogP contribution < -0.4 is 0 Å². The average Bonchev–Trinajstić information content (AvgIpc) is 2.45. The van der Waals surface area contributed by atoms with E-state index in [1.54, 1.807) is 43.9 Å². The number of benzene rings is 1. The van der Waals surface area contributed by atoms with Gasteiger partial charge in [-0.3, -0.25) is 0 Å². The number of halogens is 1. The third-order valence-corrected chi connectivity index (χ3v) is 6.43. The minimum absolute atomic E-state index is 0.197. The van der Waals surface area contributed by atoms with Gasteiger partial charge in [-0.05, 0) is 51.5 Å². The van der Waals surface area contributed by atoms with Crippen molar-refractivity contribution in [1.29, 1.82) is 0 Å². The van der Waals surface area contributed by atoms with E-state index in [1.165, 1.54) is 4.31 Å². The standard InChI is InChI=1S/C16H23BrN2O4S/c1-11(2)23-16(20)19-8-7-18(10-13(19)4)24(21,22)15-6-5-14(17)9-12(15)3/h5-6,9,11,13H,7-8,10H2,1-4H3. The van der Waals surface area contributed by atoms with Crippen molar-refractivity contribution in [1.82, 2.24) is 9.21 Å². The topological polar surface area (TPSA) is 66.9 Å². The molecule has 134 valence electrons. The maximum Gasteiger partial charge on any atom is 0.410 e. The first kappa shape index (κ1) is 19.2. The first-order chi connectivity index (χ1) is 11.1. The Balaban J connectivity index is 2.16. The van der Waals surface area contributed by atoms with Gasteiger partial charge >= 0.3 is 6.09 Å². The summed E-state index contributed by atoms with van der Waals surface area (Å²) in [5, 5.41) is 0. The predicted molar refractivity (Wildman–Crippen MR) is 95.4 cm³/mol. The number of ether oxygens (including phenoxy) is 1. The van der Waals surface area contributed by atoms with Gasteiger partial charge in [0, 0.05) is 30.1 Å². The molecule has 2 rings (SSSR count). The summed E-state index contributed by atoms with van der Waals surface area (Å²) in [6.45, 7) is 8.02. The summed E-state index contributed by atoms with van der Waals surface area (Å²) >= 11 is 3.35. The number of rotatable bonds is 3. The maximum atomic E-state index is 12.9. The molecule has 0 aliphatic carbocycles. The molecule has 1 saturated heterocycles. The van der Waals surface area contributed by atoms with Crippen molar-refractivity contribution in [2.24, 2.45) is 0 Å². The molecule has 8 heteroatoms. The molecule has 1 aliphatic heterocycles. The van der Waals surface area contributed by atoms with Crippen LogP contribution in [-0.2, 0) is 14.8 Å². The largest absolute Gasteiger partial charge is 0.447 e. The number of hydrogen-bond donors (Lipinski definition) is 0. The van der Waals surface area contributed by atoms with Crippen LogP contribution in [0, 0.1) is 6.92 Å². The van der Waals surface area contributed by atoms with Gasteiger partial charge in [-0.25, -0.2) is 13.2 Å². The maximum absolute atomic E-state index is 12.9. The summed E-state index contributed by atoms with van der Waals surface area (Å²) in [5.41, 5.74) is 0.693. The first-order valence-electron chi connectivity index (χ1n) is 7.86. The van der Waals surface area contributed by atoms with Gasteiger partial charge in [-0.2, -0.15) is 4.31 Å². The van der Waals surface area contributed by atoms with Gasteiger partial charge < -0.3 is 9.64 Å². The molecule has 1 fully saturated rings. The second-order valence-corrected chi connectivity index (χ2v) is 9.07. The molecular formula is C16H23BrN2O4S. The molecule has 6 nitrogen and oxygen atoms in total. The van der Waals surface area contributed by atoms with Gasteiger partial charge in [0.15, 0.2) is 0 Å². The number of piperazine rings is 1. The minimum atomic E-state index is -3.58. The fourth-order valence-electron chi connectivity index (χ4n) is 2.72. The van der Waals surface area contributed by atoms with Crippen molar-refractivity contribution >= 4 is 32.0 Å². The second-order valence-electron chi connectivity index (χ2n) is 6.25. The number of sulfonamides is 1. The third kappa shape index (κ3) is 4.10. The summed E-state index contributed by atoms with van der Waals surface area (Å²) in [6, 6.07) is 4.88. The van der Waals surface area contributed by atoms with E-state index < -0.39 is 16.1 Å². The lowest BCUT2D eigenvalue weighted by Gasteiger charge is -2.38. The molecule has 1 aliphatic rings. The molecule has 1 amide bonds. The SMILES string of the molecule is Cc1cc(Br)ccc1S(=O)(=O)N1CCN(C(=O)OC(C)C)C(C)C1. The van der Waals surface area contributed by atoms with Gasteiger partial charge in [0.25, 0.3) is 0 Å². The molecule has 1 aromatic carbocycles. The van der Waals surface area contributed by atoms with Crippen LogP contribution in [-0.4, -0.2) is 55.5 Å². The minimum Gasteiger partial charge on any atom is -0.447 e. The van der Waals surface area contributed by atoms with Crippen LogP contribution in [0.3, 0.4) is 0 Å². The molecule has 24 heavy (non-hydrogen) atoms. The number of carbonyl (C=O) groups is 1. The van der Waals surface area contributed by atoms with Crippen LogP contribution in [0.4, 0.5) is 4.79 Å². The summed E-state index contributed by atoms with van der Waals surface area (Å²) in [6.07, 6.45) is -0.591. The van der Waals surface area contributed by atoms with Gasteiger partial charge in [0.1, 0.15) is 0 Å². The fraction of sp³-hybridized carbons (Fsp3) is 0.562. The highest BCUT2D eigenvalue weighted by atomic mass is 79.9. The highest BCUT2D eigenvalue weighted by molar-refractivity contribution is 9.10. The van der Waals surface area contributed by atoms with Crippen molar-refractivity contribution in [3.05, 3.63) is 28.2 Å². The monoisotopic (exact) mass is 418 g/mol. The van der Waals surface area contributed by atoms with E-state index in [2.05, 4.69) is 15.9 Å². The number of aryl methyl sites for hydroxylation is 1. The van der Waals surface area contributed by atoms with Crippen molar-refractivity contribution in [2.75, 3.05) is 19.6 Å². The van der Waals surface area contributed by atoms with Crippen molar-refractivity contribution in [3.63, 3.8) is 0 Å². The zero-order valence-corrected chi connectivity index (χ0v) is 16.7. The van der Waals surface area contributed by atoms with E-state index in [4.69, 9.17) is 4.74 Å². The molecule has 0 bridgehead atoms. The Bertz CT molecular complexity index is 721. The molecular weight excluding hydrogens is 396 g/mol. The van der Waals surface area contributed by atoms with Crippen LogP contribution in [0.1, 0.15) is 26.3 Å². The second kappa shape index (κ2) is 7.41. The number of carbonyl (C=O) groups excluding carboxylic acids is 1. The Kier molecular flexibility index (Phi) is 5.93. The van der Waals surface area contributed by atoms with Crippen LogP contribution in [0.15, 0.2) is 27.6 Å². The Labute approximate surface area is 151 Å². The summed E-state index contributed by atoms with van der Waals surface area (Å²) in [7, 11) is -3.58. The van der Waals surface area contributed by atoms with E-state index in [1.807, 2.05) is 6.92 Å². The zero-order valence-electron chi connectivity index (χ0n) is 14.3. The van der Waals surface area contributed by atoms with Gasteiger partial charge in [-0.1, -0.05) is 15.9 Å². The highest BCUT2D eigenvalue weighted by Gasteiger charge is 2.35. The Morgan fingerprint density at radius 3 is 2.54 bits per heavy atom. The predicted octanol–water partition coefficient (Wildman–Crippen LogP) is 3.00. The summed E-state index contributed by atoms with van der Waals surface area (Å²) in [5.74, 6) is 0. The lowest BCUT2D eigenvalue weighted by Crippen LogP contribution is -2.55. The van der Waals surface area contributed by atoms with Gasteiger partial charge in [0.2, 0.25) is 10.0 Å². The highest BCUT2D eigenvalue weighted by Crippen LogP contribution is 2.25. The smallest absolute Gasteiger partial charge is 0.410 e. The normalized spacial score (nSPS) is 19.6. The average molecular weight is 419 g/mol. The van der Waals surface area contributed by atoms with E-state index in [0.29, 0.717) is 17.0 Å². The lowest BCUT2D eigenvalue weighted by atomic mass is 10.2. The molecule has 1 atom stereocenters. The molecule has 0 aromatic heterocycles. The van der Waals surface area contributed by atoms with E-state index in [9.17, 15) is 13.2 Å². The van der Waals surface area contributed by atoms with Crippen molar-refractivity contribution < 1.29 is 17.9 Å². The fourth-order valence-corrected chi connectivity index (χ4v) is 4.92. The van der Waals surface area contributed by atoms with E-state index in [0.717, 1.165) is 4.47 Å². The van der Waals surface area contributed by atoms with Crippen LogP contribution in [0.5, 0.6) is 0 Å². The molecule has 1 heterocycles. The molecule has 1 unspecified atom stereocenters. The molecule has 0 saturated carbocycles. The summed E-state index contributed by atoms with van der Waals surface area (Å²) < 4.78 is 33.3. The van der Waals surface area contributed by atoms with E-state index in [-0.39, 0.29) is 25.2 Å². The van der Waals surface area contributed by atoms with E-state index >= 15 is 0 Å². The number of amides is 1. The van der Waals surface area contributed by atoms with Crippen molar-refractivity contribution in [3.8, 4) is 0 Å². The Morgan fingerprint density at radius 2 is 2.00 bits per heavy atom.